The number of hydrogen-bond donors (Lipinski definition) is 1. The molecule has 22 heavy (non-hydrogen) atoms. The highest BCUT2D eigenvalue weighted by Gasteiger charge is 2.22. The Balaban J connectivity index is 2.06. The van der Waals surface area contributed by atoms with Gasteiger partial charge in [0.15, 0.2) is 11.5 Å². The van der Waals surface area contributed by atoms with Gasteiger partial charge in [-0.15, -0.1) is 0 Å². The zero-order valence-electron chi connectivity index (χ0n) is 12.7. The quantitative estimate of drug-likeness (QED) is 0.810. The fourth-order valence-corrected chi connectivity index (χ4v) is 3.77. The highest BCUT2D eigenvalue weighted by Crippen LogP contribution is 2.36. The summed E-state index contributed by atoms with van der Waals surface area (Å²) in [5.41, 5.74) is 0.845. The van der Waals surface area contributed by atoms with Crippen molar-refractivity contribution in [1.82, 2.24) is 5.32 Å². The van der Waals surface area contributed by atoms with Crippen molar-refractivity contribution in [1.29, 1.82) is 0 Å². The number of benzene rings is 1. The normalized spacial score (nSPS) is 16.0. The maximum absolute atomic E-state index is 12.4. The van der Waals surface area contributed by atoms with E-state index in [0.717, 1.165) is 16.5 Å². The summed E-state index contributed by atoms with van der Waals surface area (Å²) >= 11 is 3.46. The standard InChI is InChI=1S/C15H20BrNO4S/c1-3-4-17-15(18)10(2)22(19)9-11-7-13-14(8-12(11)16)21-6-5-20-13/h7-8,10H,3-6,9H2,1-2H3,(H,17,18). The fourth-order valence-electron chi connectivity index (χ4n) is 2.01. The zero-order valence-corrected chi connectivity index (χ0v) is 15.1. The van der Waals surface area contributed by atoms with Crippen LogP contribution >= 0.6 is 15.9 Å². The van der Waals surface area contributed by atoms with Gasteiger partial charge in [0.25, 0.3) is 0 Å². The molecule has 1 amide bonds. The van der Waals surface area contributed by atoms with Crippen LogP contribution < -0.4 is 14.8 Å². The molecular formula is C15H20BrNO4S. The van der Waals surface area contributed by atoms with Crippen LogP contribution in [0.2, 0.25) is 0 Å². The van der Waals surface area contributed by atoms with Crippen LogP contribution in [0.4, 0.5) is 0 Å². The van der Waals surface area contributed by atoms with Crippen LogP contribution in [0.25, 0.3) is 0 Å². The summed E-state index contributed by atoms with van der Waals surface area (Å²) in [5, 5.41) is 2.23. The first-order chi connectivity index (χ1) is 10.5. The summed E-state index contributed by atoms with van der Waals surface area (Å²) in [6.07, 6.45) is 0.860. The number of carbonyl (C=O) groups is 1. The summed E-state index contributed by atoms with van der Waals surface area (Å²) in [6, 6.07) is 3.65. The molecule has 1 N–H and O–H groups in total. The predicted octanol–water partition coefficient (Wildman–Crippen LogP) is 2.38. The number of fused-ring (bicyclic) bond motifs is 1. The van der Waals surface area contributed by atoms with E-state index in [1.165, 1.54) is 0 Å². The van der Waals surface area contributed by atoms with E-state index in [9.17, 15) is 9.00 Å². The Hall–Kier alpha value is -1.08. The molecule has 5 nitrogen and oxygen atoms in total. The number of ether oxygens (including phenoxy) is 2. The van der Waals surface area contributed by atoms with Crippen molar-refractivity contribution >= 4 is 32.6 Å². The van der Waals surface area contributed by atoms with Crippen molar-refractivity contribution in [2.45, 2.75) is 31.3 Å². The van der Waals surface area contributed by atoms with E-state index in [0.29, 0.717) is 31.3 Å². The third kappa shape index (κ3) is 4.23. The number of amides is 1. The van der Waals surface area contributed by atoms with E-state index in [2.05, 4.69) is 21.2 Å². The molecule has 1 heterocycles. The number of halogens is 1. The molecule has 7 heteroatoms. The van der Waals surface area contributed by atoms with Gasteiger partial charge in [-0.2, -0.15) is 0 Å². The first-order valence-electron chi connectivity index (χ1n) is 7.25. The number of rotatable bonds is 6. The molecule has 1 aromatic rings. The SMILES string of the molecule is CCCNC(=O)C(C)S(=O)Cc1cc2c(cc1Br)OCCO2. The van der Waals surface area contributed by atoms with Gasteiger partial charge in [-0.3, -0.25) is 9.00 Å². The van der Waals surface area contributed by atoms with Crippen LogP contribution in [-0.4, -0.2) is 35.1 Å². The molecular weight excluding hydrogens is 370 g/mol. The molecule has 1 aromatic carbocycles. The zero-order chi connectivity index (χ0) is 16.1. The van der Waals surface area contributed by atoms with Crippen LogP contribution in [-0.2, 0) is 21.3 Å². The Morgan fingerprint density at radius 2 is 2.00 bits per heavy atom. The Kier molecular flexibility index (Phi) is 6.26. The third-order valence-corrected chi connectivity index (χ3v) is 5.66. The second-order valence-corrected chi connectivity index (χ2v) is 7.66. The minimum atomic E-state index is -1.30. The van der Waals surface area contributed by atoms with Gasteiger partial charge < -0.3 is 14.8 Å². The summed E-state index contributed by atoms with van der Waals surface area (Å²) in [5.74, 6) is 1.46. The van der Waals surface area contributed by atoms with Crippen LogP contribution in [0.1, 0.15) is 25.8 Å². The van der Waals surface area contributed by atoms with Crippen molar-refractivity contribution in [3.8, 4) is 11.5 Å². The Labute approximate surface area is 141 Å². The van der Waals surface area contributed by atoms with Gasteiger partial charge in [-0.25, -0.2) is 0 Å². The fraction of sp³-hybridized carbons (Fsp3) is 0.533. The van der Waals surface area contributed by atoms with E-state index in [1.54, 1.807) is 6.92 Å². The lowest BCUT2D eigenvalue weighted by Crippen LogP contribution is -2.36. The molecule has 2 atom stereocenters. The molecule has 0 saturated heterocycles. The second kappa shape index (κ2) is 7.97. The van der Waals surface area contributed by atoms with Crippen molar-refractivity contribution in [2.24, 2.45) is 0 Å². The number of carbonyl (C=O) groups excluding carboxylic acids is 1. The molecule has 0 aliphatic carbocycles. The maximum Gasteiger partial charge on any atom is 0.235 e. The van der Waals surface area contributed by atoms with Gasteiger partial charge in [-0.05, 0) is 31.0 Å². The van der Waals surface area contributed by atoms with E-state index in [-0.39, 0.29) is 11.7 Å². The highest BCUT2D eigenvalue weighted by atomic mass is 79.9. The van der Waals surface area contributed by atoms with Gasteiger partial charge in [0.1, 0.15) is 18.5 Å². The molecule has 122 valence electrons. The van der Waals surface area contributed by atoms with Crippen LogP contribution in [0.15, 0.2) is 16.6 Å². The summed E-state index contributed by atoms with van der Waals surface area (Å²) < 4.78 is 24.2. The topological polar surface area (TPSA) is 64.6 Å². The average molecular weight is 390 g/mol. The molecule has 0 fully saturated rings. The highest BCUT2D eigenvalue weighted by molar-refractivity contribution is 9.10. The third-order valence-electron chi connectivity index (χ3n) is 3.32. The Morgan fingerprint density at radius 1 is 1.36 bits per heavy atom. The summed E-state index contributed by atoms with van der Waals surface area (Å²) in [4.78, 5) is 11.9. The molecule has 1 aliphatic heterocycles. The number of hydrogen-bond acceptors (Lipinski definition) is 4. The molecule has 0 spiro atoms. The van der Waals surface area contributed by atoms with Gasteiger partial charge in [0.05, 0.1) is 5.75 Å². The molecule has 0 aromatic heterocycles. The Bertz CT molecular complexity index is 579. The molecule has 0 bridgehead atoms. The molecule has 2 rings (SSSR count). The van der Waals surface area contributed by atoms with Gasteiger partial charge in [0, 0.05) is 21.8 Å². The van der Waals surface area contributed by atoms with Crippen molar-refractivity contribution in [2.75, 3.05) is 19.8 Å². The average Bonchev–Trinajstić information content (AvgIpc) is 2.52. The van der Waals surface area contributed by atoms with Crippen molar-refractivity contribution < 1.29 is 18.5 Å². The second-order valence-electron chi connectivity index (χ2n) is 5.05. The van der Waals surface area contributed by atoms with Crippen LogP contribution in [0, 0.1) is 0 Å². The van der Waals surface area contributed by atoms with E-state index in [1.807, 2.05) is 19.1 Å². The van der Waals surface area contributed by atoms with E-state index in [4.69, 9.17) is 9.47 Å². The molecule has 0 saturated carbocycles. The predicted molar refractivity (Wildman–Crippen MR) is 89.7 cm³/mol. The smallest absolute Gasteiger partial charge is 0.235 e. The van der Waals surface area contributed by atoms with E-state index < -0.39 is 16.0 Å². The monoisotopic (exact) mass is 389 g/mol. The minimum Gasteiger partial charge on any atom is -0.486 e. The molecule has 1 aliphatic rings. The van der Waals surface area contributed by atoms with Gasteiger partial charge in [0.2, 0.25) is 5.91 Å². The largest absolute Gasteiger partial charge is 0.486 e. The lowest BCUT2D eigenvalue weighted by Gasteiger charge is -2.20. The molecule has 0 radical (unpaired) electrons. The van der Waals surface area contributed by atoms with Crippen molar-refractivity contribution in [3.05, 3.63) is 22.2 Å². The Morgan fingerprint density at radius 3 is 2.64 bits per heavy atom. The summed E-state index contributed by atoms with van der Waals surface area (Å²) in [7, 11) is -1.30. The van der Waals surface area contributed by atoms with Crippen molar-refractivity contribution in [3.63, 3.8) is 0 Å². The van der Waals surface area contributed by atoms with Crippen LogP contribution in [0.5, 0.6) is 11.5 Å². The lowest BCUT2D eigenvalue weighted by atomic mass is 10.2. The maximum atomic E-state index is 12.4. The van der Waals surface area contributed by atoms with Crippen LogP contribution in [0.3, 0.4) is 0 Å². The molecule has 2 unspecified atom stereocenters. The first kappa shape index (κ1) is 17.3. The van der Waals surface area contributed by atoms with Gasteiger partial charge >= 0.3 is 0 Å². The van der Waals surface area contributed by atoms with Gasteiger partial charge in [-0.1, -0.05) is 22.9 Å². The van der Waals surface area contributed by atoms with E-state index >= 15 is 0 Å². The number of nitrogens with one attached hydrogen (secondary N) is 1. The minimum absolute atomic E-state index is 0.172. The lowest BCUT2D eigenvalue weighted by molar-refractivity contribution is -0.120. The summed E-state index contributed by atoms with van der Waals surface area (Å²) in [6.45, 7) is 5.31. The first-order valence-corrected chi connectivity index (χ1v) is 9.43.